The van der Waals surface area contributed by atoms with Gasteiger partial charge >= 0.3 is 0 Å². The van der Waals surface area contributed by atoms with Crippen molar-refractivity contribution >= 4 is 28.9 Å². The number of carbonyl (C=O) groups is 1. The molecule has 0 unspecified atom stereocenters. The van der Waals surface area contributed by atoms with E-state index in [9.17, 15) is 14.9 Å². The zero-order chi connectivity index (χ0) is 19.8. The number of guanidine groups is 1. The fourth-order valence-corrected chi connectivity index (χ4v) is 2.90. The van der Waals surface area contributed by atoms with E-state index in [1.807, 2.05) is 23.4 Å². The number of benzene rings is 1. The van der Waals surface area contributed by atoms with E-state index >= 15 is 0 Å². The molecule has 2 rings (SSSR count). The van der Waals surface area contributed by atoms with E-state index in [2.05, 4.69) is 15.7 Å². The van der Waals surface area contributed by atoms with Crippen molar-refractivity contribution in [3.05, 3.63) is 62.3 Å². The van der Waals surface area contributed by atoms with Gasteiger partial charge < -0.3 is 15.1 Å². The number of hydrogen-bond acceptors (Lipinski definition) is 5. The van der Waals surface area contributed by atoms with Gasteiger partial charge in [-0.25, -0.2) is 4.99 Å². The van der Waals surface area contributed by atoms with Crippen molar-refractivity contribution in [1.82, 2.24) is 15.1 Å². The molecule has 0 spiro atoms. The number of nitro benzene ring substituents is 1. The van der Waals surface area contributed by atoms with Gasteiger partial charge in [-0.1, -0.05) is 12.1 Å². The van der Waals surface area contributed by atoms with Gasteiger partial charge in [-0.3, -0.25) is 14.9 Å². The molecule has 0 aliphatic heterocycles. The Morgan fingerprint density at radius 3 is 2.44 bits per heavy atom. The average molecular weight is 389 g/mol. The van der Waals surface area contributed by atoms with Gasteiger partial charge in [0.1, 0.15) is 0 Å². The maximum absolute atomic E-state index is 11.9. The molecule has 144 valence electrons. The van der Waals surface area contributed by atoms with Crippen molar-refractivity contribution in [3.8, 4) is 0 Å². The lowest BCUT2D eigenvalue weighted by atomic mass is 10.2. The van der Waals surface area contributed by atoms with Gasteiger partial charge in [0.05, 0.1) is 18.0 Å². The monoisotopic (exact) mass is 389 g/mol. The number of nitro groups is 1. The van der Waals surface area contributed by atoms with Gasteiger partial charge in [-0.05, 0) is 28.0 Å². The minimum absolute atomic E-state index is 0.0484. The number of likely N-dealkylation sites (N-methyl/N-ethyl adjacent to an activating group) is 1. The molecule has 0 bridgehead atoms. The third-order valence-electron chi connectivity index (χ3n) is 3.82. The minimum atomic E-state index is -0.429. The fraction of sp³-hybridized carbons (Fsp3) is 0.333. The van der Waals surface area contributed by atoms with E-state index in [1.165, 1.54) is 17.0 Å². The largest absolute Gasteiger partial charge is 0.347 e. The molecule has 0 aliphatic carbocycles. The first-order chi connectivity index (χ1) is 12.9. The lowest BCUT2D eigenvalue weighted by Gasteiger charge is -2.22. The van der Waals surface area contributed by atoms with Crippen LogP contribution in [0.3, 0.4) is 0 Å². The summed E-state index contributed by atoms with van der Waals surface area (Å²) in [6.07, 6.45) is 0. The second-order valence-corrected chi connectivity index (χ2v) is 6.97. The van der Waals surface area contributed by atoms with Crippen LogP contribution in [0.15, 0.2) is 46.1 Å². The molecule has 1 amide bonds. The van der Waals surface area contributed by atoms with E-state index in [4.69, 9.17) is 0 Å². The molecule has 0 fully saturated rings. The Bertz CT molecular complexity index is 788. The number of nitrogens with zero attached hydrogens (tertiary/aromatic N) is 4. The number of hydrogen-bond donors (Lipinski definition) is 1. The molecule has 1 heterocycles. The second kappa shape index (κ2) is 9.67. The maximum atomic E-state index is 11.9. The lowest BCUT2D eigenvalue weighted by molar-refractivity contribution is -0.384. The average Bonchev–Trinajstić information content (AvgIpc) is 3.14. The molecule has 0 saturated carbocycles. The molecule has 0 saturated heterocycles. The fourth-order valence-electron chi connectivity index (χ4n) is 2.24. The number of aliphatic imine (C=N–C) groups is 1. The molecule has 1 N–H and O–H groups in total. The summed E-state index contributed by atoms with van der Waals surface area (Å²) in [7, 11) is 5.30. The number of rotatable bonds is 7. The topological polar surface area (TPSA) is 91.1 Å². The van der Waals surface area contributed by atoms with Crippen LogP contribution in [0.4, 0.5) is 5.69 Å². The molecule has 0 atom stereocenters. The van der Waals surface area contributed by atoms with Crippen molar-refractivity contribution < 1.29 is 9.72 Å². The van der Waals surface area contributed by atoms with Crippen molar-refractivity contribution in [2.24, 2.45) is 4.99 Å². The number of thiophene rings is 1. The van der Waals surface area contributed by atoms with Crippen LogP contribution in [-0.2, 0) is 17.9 Å². The van der Waals surface area contributed by atoms with Crippen LogP contribution in [0.2, 0.25) is 0 Å². The number of nitrogens with one attached hydrogen (secondary N) is 1. The first-order valence-corrected chi connectivity index (χ1v) is 9.25. The smallest absolute Gasteiger partial charge is 0.269 e. The third-order valence-corrected chi connectivity index (χ3v) is 4.55. The van der Waals surface area contributed by atoms with E-state index < -0.39 is 4.92 Å². The molecule has 27 heavy (non-hydrogen) atoms. The summed E-state index contributed by atoms with van der Waals surface area (Å²) in [5, 5.41) is 17.9. The van der Waals surface area contributed by atoms with Crippen LogP contribution in [-0.4, -0.2) is 54.3 Å². The summed E-state index contributed by atoms with van der Waals surface area (Å²) in [5.41, 5.74) is 2.06. The number of amides is 1. The molecular weight excluding hydrogens is 366 g/mol. The highest BCUT2D eigenvalue weighted by Gasteiger charge is 2.11. The first-order valence-electron chi connectivity index (χ1n) is 8.31. The molecule has 1 aromatic carbocycles. The predicted molar refractivity (Wildman–Crippen MR) is 107 cm³/mol. The summed E-state index contributed by atoms with van der Waals surface area (Å²) in [6, 6.07) is 8.33. The lowest BCUT2D eigenvalue weighted by Crippen LogP contribution is -2.43. The summed E-state index contributed by atoms with van der Waals surface area (Å²) in [4.78, 5) is 30.2. The predicted octanol–water partition coefficient (Wildman–Crippen LogP) is 2.32. The van der Waals surface area contributed by atoms with Crippen molar-refractivity contribution in [2.75, 3.05) is 27.7 Å². The first kappa shape index (κ1) is 20.4. The highest BCUT2D eigenvalue weighted by molar-refractivity contribution is 7.07. The molecule has 9 heteroatoms. The molecule has 0 aliphatic rings. The Hall–Kier alpha value is -2.94. The molecule has 8 nitrogen and oxygen atoms in total. The Labute approximate surface area is 162 Å². The van der Waals surface area contributed by atoms with Crippen molar-refractivity contribution in [1.29, 1.82) is 0 Å². The summed E-state index contributed by atoms with van der Waals surface area (Å²) in [5.74, 6) is 0.539. The second-order valence-electron chi connectivity index (χ2n) is 6.19. The summed E-state index contributed by atoms with van der Waals surface area (Å²) >= 11 is 1.63. The third kappa shape index (κ3) is 6.37. The quantitative estimate of drug-likeness (QED) is 0.340. The van der Waals surface area contributed by atoms with Crippen LogP contribution in [0.5, 0.6) is 0 Å². The van der Waals surface area contributed by atoms with Gasteiger partial charge in [0.2, 0.25) is 5.91 Å². The zero-order valence-electron chi connectivity index (χ0n) is 15.6. The van der Waals surface area contributed by atoms with Crippen LogP contribution < -0.4 is 5.32 Å². The van der Waals surface area contributed by atoms with Gasteiger partial charge in [-0.2, -0.15) is 11.3 Å². The number of carbonyl (C=O) groups excluding carboxylic acids is 1. The Morgan fingerprint density at radius 1 is 1.19 bits per heavy atom. The van der Waals surface area contributed by atoms with Gasteiger partial charge in [-0.15, -0.1) is 0 Å². The van der Waals surface area contributed by atoms with Gasteiger partial charge in [0.15, 0.2) is 5.96 Å². The van der Waals surface area contributed by atoms with Crippen LogP contribution in [0.25, 0.3) is 0 Å². The summed E-state index contributed by atoms with van der Waals surface area (Å²) < 4.78 is 0. The standard InChI is InChI=1S/C18H23N5O3S/c1-21(2)17(24)11-20-18(22(3)12-15-8-9-27-13-15)19-10-14-4-6-16(7-5-14)23(25)26/h4-9,13H,10-12H2,1-3H3,(H,19,20). The zero-order valence-corrected chi connectivity index (χ0v) is 16.4. The highest BCUT2D eigenvalue weighted by Crippen LogP contribution is 2.13. The van der Waals surface area contributed by atoms with E-state index in [0.29, 0.717) is 19.0 Å². The van der Waals surface area contributed by atoms with E-state index in [-0.39, 0.29) is 18.1 Å². The highest BCUT2D eigenvalue weighted by atomic mass is 32.1. The molecular formula is C18H23N5O3S. The Balaban J connectivity index is 2.09. The van der Waals surface area contributed by atoms with E-state index in [1.54, 1.807) is 37.6 Å². The maximum Gasteiger partial charge on any atom is 0.269 e. The van der Waals surface area contributed by atoms with Crippen LogP contribution >= 0.6 is 11.3 Å². The van der Waals surface area contributed by atoms with E-state index in [0.717, 1.165) is 11.1 Å². The normalized spacial score (nSPS) is 11.1. The van der Waals surface area contributed by atoms with Gasteiger partial charge in [0, 0.05) is 39.8 Å². The number of non-ortho nitro benzene ring substituents is 1. The van der Waals surface area contributed by atoms with Gasteiger partial charge in [0.25, 0.3) is 5.69 Å². The molecule has 0 radical (unpaired) electrons. The Morgan fingerprint density at radius 2 is 1.89 bits per heavy atom. The van der Waals surface area contributed by atoms with Crippen LogP contribution in [0.1, 0.15) is 11.1 Å². The SMILES string of the molecule is CN(C)C(=O)CNC(=NCc1ccc([N+](=O)[O-])cc1)N(C)Cc1ccsc1. The van der Waals surface area contributed by atoms with Crippen molar-refractivity contribution in [3.63, 3.8) is 0 Å². The van der Waals surface area contributed by atoms with Crippen molar-refractivity contribution in [2.45, 2.75) is 13.1 Å². The van der Waals surface area contributed by atoms with Crippen LogP contribution in [0, 0.1) is 10.1 Å². The minimum Gasteiger partial charge on any atom is -0.347 e. The molecule has 2 aromatic rings. The summed E-state index contributed by atoms with van der Waals surface area (Å²) in [6.45, 7) is 1.15. The Kier molecular flexibility index (Phi) is 7.30. The molecule has 1 aromatic heterocycles.